The van der Waals surface area contributed by atoms with Crippen molar-refractivity contribution in [1.29, 1.82) is 0 Å². The van der Waals surface area contributed by atoms with E-state index in [0.29, 0.717) is 12.5 Å². The fourth-order valence-electron chi connectivity index (χ4n) is 3.66. The van der Waals surface area contributed by atoms with Gasteiger partial charge in [-0.3, -0.25) is 9.89 Å². The molecule has 2 atom stereocenters. The minimum absolute atomic E-state index is 0. The molecular weight excluding hydrogens is 490 g/mol. The number of hydrogen-bond donors (Lipinski definition) is 2. The van der Waals surface area contributed by atoms with Gasteiger partial charge in [0.2, 0.25) is 0 Å². The van der Waals surface area contributed by atoms with Crippen LogP contribution in [-0.4, -0.2) is 31.0 Å². The number of aryl methyl sites for hydroxylation is 2. The summed E-state index contributed by atoms with van der Waals surface area (Å²) in [7, 11) is 2.05. The molecule has 3 rings (SSSR count). The summed E-state index contributed by atoms with van der Waals surface area (Å²) in [5.74, 6) is 0.289. The Kier molecular flexibility index (Phi) is 8.09. The monoisotopic (exact) mass is 516 g/mol. The minimum atomic E-state index is -0.382. The van der Waals surface area contributed by atoms with Gasteiger partial charge in [-0.1, -0.05) is 23.7 Å². The number of halogens is 3. The lowest BCUT2D eigenvalue weighted by molar-refractivity contribution is 0.279. The summed E-state index contributed by atoms with van der Waals surface area (Å²) in [4.78, 5) is 6.77. The molecule has 2 unspecified atom stereocenters. The minimum Gasteiger partial charge on any atom is -0.370 e. The molecule has 7 heteroatoms. The summed E-state index contributed by atoms with van der Waals surface area (Å²) in [6.45, 7) is 5.67. The van der Waals surface area contributed by atoms with Gasteiger partial charge in [-0.15, -0.1) is 24.0 Å². The maximum absolute atomic E-state index is 13.9. The number of benzene rings is 2. The highest BCUT2D eigenvalue weighted by Gasteiger charge is 2.33. The molecule has 28 heavy (non-hydrogen) atoms. The Morgan fingerprint density at radius 2 is 2.00 bits per heavy atom. The van der Waals surface area contributed by atoms with E-state index < -0.39 is 0 Å². The smallest absolute Gasteiger partial charge is 0.193 e. The normalized spacial score (nSPS) is 20.1. The summed E-state index contributed by atoms with van der Waals surface area (Å²) in [6, 6.07) is 11.3. The number of rotatable bonds is 4. The third kappa shape index (κ3) is 5.36. The largest absolute Gasteiger partial charge is 0.370 e. The summed E-state index contributed by atoms with van der Waals surface area (Å²) >= 11 is 5.83. The van der Waals surface area contributed by atoms with E-state index in [4.69, 9.17) is 17.3 Å². The van der Waals surface area contributed by atoms with E-state index in [2.05, 4.69) is 48.2 Å². The number of nitrogens with one attached hydrogen (secondary N) is 1. The van der Waals surface area contributed by atoms with Gasteiger partial charge in [-0.25, -0.2) is 4.39 Å². The van der Waals surface area contributed by atoms with Crippen LogP contribution in [0, 0.1) is 25.6 Å². The first kappa shape index (κ1) is 22.9. The van der Waals surface area contributed by atoms with E-state index >= 15 is 0 Å². The van der Waals surface area contributed by atoms with Crippen LogP contribution in [0.4, 0.5) is 10.1 Å². The van der Waals surface area contributed by atoms with Crippen LogP contribution in [0.15, 0.2) is 41.4 Å². The van der Waals surface area contributed by atoms with Crippen molar-refractivity contribution in [3.05, 3.63) is 63.9 Å². The number of likely N-dealkylation sites (tertiary alicyclic amines) is 1. The average Bonchev–Trinajstić information content (AvgIpc) is 2.99. The standard InChI is InChI=1S/C21H26ClFN4.HI/c1-13-4-6-17(10-14(13)2)26-21(24)25-12-16-8-9-27(3)20(16)15-5-7-18(22)19(23)11-15;/h4-7,10-11,16,20H,8-9,12H2,1-3H3,(H3,24,25,26);1H. The Labute approximate surface area is 188 Å². The molecule has 152 valence electrons. The molecule has 0 aromatic heterocycles. The van der Waals surface area contributed by atoms with Gasteiger partial charge in [-0.2, -0.15) is 0 Å². The van der Waals surface area contributed by atoms with Crippen LogP contribution in [-0.2, 0) is 0 Å². The molecule has 0 amide bonds. The van der Waals surface area contributed by atoms with Gasteiger partial charge >= 0.3 is 0 Å². The van der Waals surface area contributed by atoms with Gasteiger partial charge in [0.1, 0.15) is 5.82 Å². The van der Waals surface area contributed by atoms with Crippen LogP contribution in [0.25, 0.3) is 0 Å². The van der Waals surface area contributed by atoms with Crippen LogP contribution < -0.4 is 11.1 Å². The number of guanidine groups is 1. The second-order valence-electron chi connectivity index (χ2n) is 7.30. The van der Waals surface area contributed by atoms with E-state index in [0.717, 1.165) is 24.2 Å². The fourth-order valence-corrected chi connectivity index (χ4v) is 3.78. The van der Waals surface area contributed by atoms with Gasteiger partial charge in [0.25, 0.3) is 0 Å². The van der Waals surface area contributed by atoms with Crippen molar-refractivity contribution < 1.29 is 4.39 Å². The fraction of sp³-hybridized carbons (Fsp3) is 0.381. The van der Waals surface area contributed by atoms with E-state index in [-0.39, 0.29) is 46.8 Å². The number of nitrogens with two attached hydrogens (primary N) is 1. The first-order chi connectivity index (χ1) is 12.8. The van der Waals surface area contributed by atoms with Crippen LogP contribution in [0.2, 0.25) is 5.02 Å². The number of aliphatic imine (C=N–C) groups is 1. The Hall–Kier alpha value is -1.38. The van der Waals surface area contributed by atoms with Gasteiger partial charge in [0.15, 0.2) is 5.96 Å². The molecule has 1 fully saturated rings. The van der Waals surface area contributed by atoms with Crippen LogP contribution in [0.1, 0.15) is 29.2 Å². The molecule has 1 heterocycles. The van der Waals surface area contributed by atoms with E-state index in [9.17, 15) is 4.39 Å². The van der Waals surface area contributed by atoms with Crippen molar-refractivity contribution >= 4 is 47.2 Å². The van der Waals surface area contributed by atoms with Gasteiger partial charge in [0.05, 0.1) is 5.02 Å². The topological polar surface area (TPSA) is 53.6 Å². The molecule has 1 aliphatic heterocycles. The van der Waals surface area contributed by atoms with Crippen molar-refractivity contribution in [3.63, 3.8) is 0 Å². The van der Waals surface area contributed by atoms with Crippen molar-refractivity contribution in [2.24, 2.45) is 16.6 Å². The second kappa shape index (κ2) is 9.89. The van der Waals surface area contributed by atoms with Crippen LogP contribution >= 0.6 is 35.6 Å². The molecule has 2 aromatic rings. The molecule has 0 radical (unpaired) electrons. The van der Waals surface area contributed by atoms with E-state index in [1.54, 1.807) is 6.07 Å². The van der Waals surface area contributed by atoms with E-state index in [1.165, 1.54) is 17.2 Å². The van der Waals surface area contributed by atoms with Gasteiger partial charge < -0.3 is 11.1 Å². The number of nitrogens with zero attached hydrogens (tertiary/aromatic N) is 2. The van der Waals surface area contributed by atoms with Crippen molar-refractivity contribution in [2.45, 2.75) is 26.3 Å². The molecular formula is C21H27ClFIN4. The maximum Gasteiger partial charge on any atom is 0.193 e. The molecule has 0 aliphatic carbocycles. The quantitative estimate of drug-likeness (QED) is 0.336. The average molecular weight is 517 g/mol. The highest BCUT2D eigenvalue weighted by molar-refractivity contribution is 14.0. The zero-order chi connectivity index (χ0) is 19.6. The zero-order valence-electron chi connectivity index (χ0n) is 16.4. The van der Waals surface area contributed by atoms with Crippen molar-refractivity contribution in [1.82, 2.24) is 4.90 Å². The van der Waals surface area contributed by atoms with Crippen LogP contribution in [0.5, 0.6) is 0 Å². The molecule has 1 aliphatic rings. The van der Waals surface area contributed by atoms with Crippen molar-refractivity contribution in [2.75, 3.05) is 25.5 Å². The number of anilines is 1. The SMILES string of the molecule is Cc1ccc(NC(N)=NCC2CCN(C)C2c2ccc(Cl)c(F)c2)cc1C.I. The highest BCUT2D eigenvalue weighted by Crippen LogP contribution is 2.37. The third-order valence-electron chi connectivity index (χ3n) is 5.33. The Morgan fingerprint density at radius 1 is 1.25 bits per heavy atom. The second-order valence-corrected chi connectivity index (χ2v) is 7.70. The molecule has 0 spiro atoms. The van der Waals surface area contributed by atoms with Gasteiger partial charge in [0, 0.05) is 18.3 Å². The summed E-state index contributed by atoms with van der Waals surface area (Å²) in [5, 5.41) is 3.30. The lowest BCUT2D eigenvalue weighted by Gasteiger charge is -2.25. The third-order valence-corrected chi connectivity index (χ3v) is 5.64. The van der Waals surface area contributed by atoms with E-state index in [1.807, 2.05) is 12.1 Å². The summed E-state index contributed by atoms with van der Waals surface area (Å²) < 4.78 is 13.9. The summed E-state index contributed by atoms with van der Waals surface area (Å²) in [5.41, 5.74) is 10.4. The molecule has 4 nitrogen and oxygen atoms in total. The predicted octanol–water partition coefficient (Wildman–Crippen LogP) is 5.13. The Balaban J connectivity index is 0.00000280. The molecule has 0 saturated carbocycles. The van der Waals surface area contributed by atoms with Crippen molar-refractivity contribution in [3.8, 4) is 0 Å². The highest BCUT2D eigenvalue weighted by atomic mass is 127. The number of hydrogen-bond acceptors (Lipinski definition) is 2. The zero-order valence-corrected chi connectivity index (χ0v) is 19.5. The molecule has 0 bridgehead atoms. The maximum atomic E-state index is 13.9. The first-order valence-electron chi connectivity index (χ1n) is 9.14. The first-order valence-corrected chi connectivity index (χ1v) is 9.52. The molecule has 1 saturated heterocycles. The Bertz CT molecular complexity index is 858. The van der Waals surface area contributed by atoms with Gasteiger partial charge in [-0.05, 0) is 80.7 Å². The predicted molar refractivity (Wildman–Crippen MR) is 126 cm³/mol. The van der Waals surface area contributed by atoms with Crippen LogP contribution in [0.3, 0.4) is 0 Å². The lowest BCUT2D eigenvalue weighted by atomic mass is 9.94. The summed E-state index contributed by atoms with van der Waals surface area (Å²) in [6.07, 6.45) is 0.992. The Morgan fingerprint density at radius 3 is 2.68 bits per heavy atom. The lowest BCUT2D eigenvalue weighted by Crippen LogP contribution is -2.26. The molecule has 2 aromatic carbocycles. The molecule has 3 N–H and O–H groups in total.